The molecule has 0 amide bonds. The average Bonchev–Trinajstić information content (AvgIpc) is 3.30. The van der Waals surface area contributed by atoms with Gasteiger partial charge in [0, 0.05) is 17.5 Å². The molecule has 0 radical (unpaired) electrons. The molecule has 3 aromatic rings. The van der Waals surface area contributed by atoms with Gasteiger partial charge in [0.25, 0.3) is 0 Å². The van der Waals surface area contributed by atoms with Crippen LogP contribution < -0.4 is 5.73 Å². The van der Waals surface area contributed by atoms with Gasteiger partial charge in [0.2, 0.25) is 5.95 Å². The Morgan fingerprint density at radius 3 is 2.59 bits per heavy atom. The Hall–Kier alpha value is -2.03. The van der Waals surface area contributed by atoms with Crippen LogP contribution in [0.1, 0.15) is 17.5 Å². The number of anilines is 1. The summed E-state index contributed by atoms with van der Waals surface area (Å²) in [6.45, 7) is 1.72. The first-order chi connectivity index (χ1) is 13.6. The van der Waals surface area contributed by atoms with Gasteiger partial charge in [-0.05, 0) is 6.92 Å². The third kappa shape index (κ3) is 5.12. The standard InChI is InChI=1S/C14H16N6O3S.H3O4P/c1-6-3-16-13(24-6)11-10-12(19-14(15)18-11)20(5-17-10)9-2-7(22)8(4-21)23-9;1-5(2,3)4/h3,5,7-9,21-22H,2,4H2,1H3,(H2,15,18,19);(H3,1,2,3,4)/t7-,8+,9+;/m0./s1. The lowest BCUT2D eigenvalue weighted by Crippen LogP contribution is -2.24. The van der Waals surface area contributed by atoms with Crippen molar-refractivity contribution in [3.63, 3.8) is 0 Å². The molecule has 1 saturated heterocycles. The average molecular weight is 446 g/mol. The van der Waals surface area contributed by atoms with E-state index in [4.69, 9.17) is 29.7 Å². The third-order valence-corrected chi connectivity index (χ3v) is 4.88. The fraction of sp³-hybridized carbons (Fsp3) is 0.429. The van der Waals surface area contributed by atoms with Gasteiger partial charge >= 0.3 is 7.82 Å². The summed E-state index contributed by atoms with van der Waals surface area (Å²) in [6, 6.07) is 0. The number of nitrogens with zero attached hydrogens (tertiary/aromatic N) is 5. The van der Waals surface area contributed by atoms with Crippen molar-refractivity contribution in [1.82, 2.24) is 24.5 Å². The Bertz CT molecular complexity index is 1040. The lowest BCUT2D eigenvalue weighted by atomic mass is 10.2. The molecule has 13 nitrogen and oxygen atoms in total. The quantitative estimate of drug-likeness (QED) is 0.283. The summed E-state index contributed by atoms with van der Waals surface area (Å²) in [4.78, 5) is 39.9. The second kappa shape index (κ2) is 8.38. The number of phosphoric acid groups is 1. The number of ether oxygens (including phenoxy) is 1. The number of aryl methyl sites for hydroxylation is 1. The number of rotatable bonds is 3. The van der Waals surface area contributed by atoms with Gasteiger partial charge in [0.1, 0.15) is 28.6 Å². The number of hydrogen-bond acceptors (Lipinski definition) is 10. The number of aliphatic hydroxyl groups excluding tert-OH is 2. The van der Waals surface area contributed by atoms with Crippen LogP contribution in [0.3, 0.4) is 0 Å². The molecule has 158 valence electrons. The van der Waals surface area contributed by atoms with Crippen LogP contribution in [-0.2, 0) is 9.30 Å². The number of nitrogens with two attached hydrogens (primary N) is 1. The fourth-order valence-electron chi connectivity index (χ4n) is 2.81. The van der Waals surface area contributed by atoms with Crippen molar-refractivity contribution < 1.29 is 34.2 Å². The molecule has 7 N–H and O–H groups in total. The predicted octanol–water partition coefficient (Wildman–Crippen LogP) is -0.447. The second-order valence-corrected chi connectivity index (χ2v) is 8.42. The molecule has 0 saturated carbocycles. The van der Waals surface area contributed by atoms with Crippen molar-refractivity contribution >= 4 is 36.3 Å². The molecule has 3 atom stereocenters. The number of imidazole rings is 1. The van der Waals surface area contributed by atoms with Crippen LogP contribution in [0.5, 0.6) is 0 Å². The summed E-state index contributed by atoms with van der Waals surface area (Å²) in [5.74, 6) is 0.115. The summed E-state index contributed by atoms with van der Waals surface area (Å²) in [6.07, 6.45) is 1.86. The highest BCUT2D eigenvalue weighted by Crippen LogP contribution is 2.34. The molecule has 3 aromatic heterocycles. The molecule has 1 aliphatic rings. The molecule has 1 aliphatic heterocycles. The van der Waals surface area contributed by atoms with E-state index < -0.39 is 26.3 Å². The fourth-order valence-corrected chi connectivity index (χ4v) is 3.56. The smallest absolute Gasteiger partial charge is 0.394 e. The Balaban J connectivity index is 0.000000431. The van der Waals surface area contributed by atoms with Crippen molar-refractivity contribution in [2.24, 2.45) is 0 Å². The molecular formula is C14H19N6O7PS. The van der Waals surface area contributed by atoms with E-state index in [0.717, 1.165) is 9.88 Å². The highest BCUT2D eigenvalue weighted by Gasteiger charge is 2.35. The summed E-state index contributed by atoms with van der Waals surface area (Å²) < 4.78 is 16.3. The summed E-state index contributed by atoms with van der Waals surface area (Å²) >= 11 is 1.50. The molecule has 15 heteroatoms. The molecule has 29 heavy (non-hydrogen) atoms. The molecule has 4 rings (SSSR count). The van der Waals surface area contributed by atoms with Crippen LogP contribution in [0.15, 0.2) is 12.5 Å². The summed E-state index contributed by atoms with van der Waals surface area (Å²) in [5, 5.41) is 19.9. The molecule has 0 aliphatic carbocycles. The normalized spacial score (nSPS) is 21.9. The van der Waals surface area contributed by atoms with E-state index in [9.17, 15) is 10.2 Å². The lowest BCUT2D eigenvalue weighted by Gasteiger charge is -2.13. The van der Waals surface area contributed by atoms with Crippen molar-refractivity contribution in [2.45, 2.75) is 31.8 Å². The molecule has 0 bridgehead atoms. The number of fused-ring (bicyclic) bond motifs is 1. The number of aliphatic hydroxyl groups is 2. The van der Waals surface area contributed by atoms with E-state index in [-0.39, 0.29) is 12.6 Å². The highest BCUT2D eigenvalue weighted by atomic mass is 32.1. The second-order valence-electron chi connectivity index (χ2n) is 6.16. The monoisotopic (exact) mass is 446 g/mol. The molecular weight excluding hydrogens is 427 g/mol. The molecule has 4 heterocycles. The number of hydrogen-bond donors (Lipinski definition) is 6. The summed E-state index contributed by atoms with van der Waals surface area (Å²) in [5.41, 5.74) is 7.52. The topological polar surface area (TPSA) is 210 Å². The zero-order valence-electron chi connectivity index (χ0n) is 15.0. The van der Waals surface area contributed by atoms with Gasteiger partial charge in [-0.15, -0.1) is 11.3 Å². The Kier molecular flexibility index (Phi) is 6.26. The molecule has 0 unspecified atom stereocenters. The molecule has 0 aromatic carbocycles. The van der Waals surface area contributed by atoms with Gasteiger partial charge in [-0.3, -0.25) is 4.57 Å². The van der Waals surface area contributed by atoms with Crippen molar-refractivity contribution in [1.29, 1.82) is 0 Å². The lowest BCUT2D eigenvalue weighted by molar-refractivity contribution is -0.0432. The zero-order valence-corrected chi connectivity index (χ0v) is 16.7. The van der Waals surface area contributed by atoms with Crippen LogP contribution in [0.4, 0.5) is 5.95 Å². The van der Waals surface area contributed by atoms with Crippen molar-refractivity contribution in [2.75, 3.05) is 12.3 Å². The van der Waals surface area contributed by atoms with Gasteiger partial charge in [0.15, 0.2) is 5.65 Å². The maximum Gasteiger partial charge on any atom is 0.466 e. The number of nitrogen functional groups attached to an aromatic ring is 1. The maximum absolute atomic E-state index is 9.94. The van der Waals surface area contributed by atoms with E-state index in [1.165, 1.54) is 11.3 Å². The van der Waals surface area contributed by atoms with Gasteiger partial charge < -0.3 is 35.4 Å². The Morgan fingerprint density at radius 2 is 2.03 bits per heavy atom. The largest absolute Gasteiger partial charge is 0.466 e. The first kappa shape index (κ1) is 21.7. The van der Waals surface area contributed by atoms with Gasteiger partial charge in [0.05, 0.1) is 19.0 Å². The maximum atomic E-state index is 9.94. The van der Waals surface area contributed by atoms with E-state index in [0.29, 0.717) is 23.3 Å². The number of aromatic nitrogens is 5. The Morgan fingerprint density at radius 1 is 1.34 bits per heavy atom. The minimum absolute atomic E-state index is 0.115. The van der Waals surface area contributed by atoms with Gasteiger partial charge in [-0.2, -0.15) is 4.98 Å². The van der Waals surface area contributed by atoms with E-state index >= 15 is 0 Å². The SMILES string of the molecule is Cc1cnc(-c2nc(N)nc3c2ncn3[C@H]2C[C@H](O)[C@@H](CO)O2)s1.O=P(O)(O)O. The van der Waals surface area contributed by atoms with Crippen LogP contribution >= 0.6 is 19.2 Å². The van der Waals surface area contributed by atoms with Gasteiger partial charge in [-0.1, -0.05) is 0 Å². The highest BCUT2D eigenvalue weighted by molar-refractivity contribution is 7.45. The van der Waals surface area contributed by atoms with E-state index in [1.54, 1.807) is 17.1 Å². The molecule has 0 spiro atoms. The first-order valence-electron chi connectivity index (χ1n) is 8.22. The number of thiazole rings is 1. The van der Waals surface area contributed by atoms with Gasteiger partial charge in [-0.25, -0.2) is 19.5 Å². The molecule has 1 fully saturated rings. The predicted molar refractivity (Wildman–Crippen MR) is 101 cm³/mol. The Labute approximate surface area is 167 Å². The van der Waals surface area contributed by atoms with Crippen LogP contribution in [0, 0.1) is 6.92 Å². The minimum Gasteiger partial charge on any atom is -0.394 e. The third-order valence-electron chi connectivity index (χ3n) is 3.96. The minimum atomic E-state index is -4.64. The van der Waals surface area contributed by atoms with Crippen LogP contribution in [0.25, 0.3) is 21.9 Å². The van der Waals surface area contributed by atoms with Crippen molar-refractivity contribution in [3.8, 4) is 10.7 Å². The first-order valence-corrected chi connectivity index (χ1v) is 10.6. The zero-order chi connectivity index (χ0) is 21.3. The van der Waals surface area contributed by atoms with Crippen LogP contribution in [-0.4, -0.2) is 68.2 Å². The van der Waals surface area contributed by atoms with E-state index in [1.807, 2.05) is 6.92 Å². The van der Waals surface area contributed by atoms with E-state index in [2.05, 4.69) is 19.9 Å². The van der Waals surface area contributed by atoms with Crippen molar-refractivity contribution in [3.05, 3.63) is 17.4 Å². The summed E-state index contributed by atoms with van der Waals surface area (Å²) in [7, 11) is -4.64. The van der Waals surface area contributed by atoms with Crippen LogP contribution in [0.2, 0.25) is 0 Å².